The van der Waals surface area contributed by atoms with Crippen molar-refractivity contribution in [2.24, 2.45) is 28.6 Å². The Labute approximate surface area is 139 Å². The summed E-state index contributed by atoms with van der Waals surface area (Å²) < 4.78 is 0. The van der Waals surface area contributed by atoms with Gasteiger partial charge in [0.15, 0.2) is 0 Å². The first-order chi connectivity index (χ1) is 10.4. The molecule has 0 aromatic rings. The molecule has 22 heavy (non-hydrogen) atoms. The molecule has 0 radical (unpaired) electrons. The molecule has 0 aromatic carbocycles. The third-order valence-corrected chi connectivity index (χ3v) is 8.63. The van der Waals surface area contributed by atoms with E-state index >= 15 is 0 Å². The Morgan fingerprint density at radius 3 is 2.73 bits per heavy atom. The normalized spacial score (nSPS) is 51.0. The lowest BCUT2D eigenvalue weighted by molar-refractivity contribution is -0.156. The summed E-state index contributed by atoms with van der Waals surface area (Å²) in [5.74, 6) is 2.66. The summed E-state index contributed by atoms with van der Waals surface area (Å²) in [7, 11) is 2.03. The molecule has 0 N–H and O–H groups in total. The SMILES string of the molecule is CN1C(=O)CC[C@@]2(C)C1CC[C@@H]1[C@H]2CC[C@]2(C)C(Cl)=CC[C@@H]12. The Morgan fingerprint density at radius 1 is 1.18 bits per heavy atom. The second-order valence-electron chi connectivity index (χ2n) is 8.72. The topological polar surface area (TPSA) is 20.3 Å². The van der Waals surface area contributed by atoms with E-state index in [0.717, 1.165) is 35.6 Å². The Hall–Kier alpha value is -0.500. The summed E-state index contributed by atoms with van der Waals surface area (Å²) in [6.45, 7) is 4.87. The zero-order valence-electron chi connectivity index (χ0n) is 14.1. The summed E-state index contributed by atoms with van der Waals surface area (Å²) in [4.78, 5) is 14.2. The number of hydrogen-bond donors (Lipinski definition) is 0. The molecular formula is C19H28ClNO. The first-order valence-electron chi connectivity index (χ1n) is 9.00. The number of carbonyl (C=O) groups excluding carboxylic acids is 1. The van der Waals surface area contributed by atoms with E-state index in [1.165, 1.54) is 32.1 Å². The number of halogens is 1. The van der Waals surface area contributed by atoms with E-state index in [0.29, 0.717) is 17.4 Å². The first-order valence-corrected chi connectivity index (χ1v) is 9.37. The molecule has 2 saturated carbocycles. The molecule has 3 heteroatoms. The fourth-order valence-electron chi connectivity index (χ4n) is 6.67. The van der Waals surface area contributed by atoms with Crippen LogP contribution in [0.1, 0.15) is 58.8 Å². The molecule has 1 unspecified atom stereocenters. The summed E-state index contributed by atoms with van der Waals surface area (Å²) >= 11 is 6.58. The highest BCUT2D eigenvalue weighted by atomic mass is 35.5. The smallest absolute Gasteiger partial charge is 0.222 e. The molecule has 0 spiro atoms. The number of rotatable bonds is 0. The molecule has 1 aliphatic heterocycles. The lowest BCUT2D eigenvalue weighted by Crippen LogP contribution is -2.61. The summed E-state index contributed by atoms with van der Waals surface area (Å²) in [6.07, 6.45) is 10.3. The van der Waals surface area contributed by atoms with Crippen LogP contribution in [0.5, 0.6) is 0 Å². The standard InChI is InChI=1S/C19H28ClNO/c1-18-10-8-14-12(13(18)5-6-15(18)20)4-7-16-19(14,2)11-9-17(22)21(16)3/h6,12-14,16H,4-5,7-11H2,1-3H3/t12-,13-,14+,16?,18-,19+/m0/s1. The second-order valence-corrected chi connectivity index (χ2v) is 9.13. The molecule has 1 amide bonds. The van der Waals surface area contributed by atoms with Crippen LogP contribution in [-0.4, -0.2) is 23.9 Å². The van der Waals surface area contributed by atoms with Crippen LogP contribution in [0.2, 0.25) is 0 Å². The van der Waals surface area contributed by atoms with Gasteiger partial charge in [0.1, 0.15) is 0 Å². The maximum atomic E-state index is 12.1. The van der Waals surface area contributed by atoms with E-state index in [1.807, 2.05) is 7.05 Å². The molecule has 4 aliphatic rings. The number of fused-ring (bicyclic) bond motifs is 5. The van der Waals surface area contributed by atoms with Crippen LogP contribution in [0, 0.1) is 28.6 Å². The molecule has 1 heterocycles. The highest BCUT2D eigenvalue weighted by Gasteiger charge is 2.59. The van der Waals surface area contributed by atoms with Crippen LogP contribution < -0.4 is 0 Å². The third kappa shape index (κ3) is 1.76. The average Bonchev–Trinajstić information content (AvgIpc) is 2.79. The minimum atomic E-state index is 0.238. The van der Waals surface area contributed by atoms with Crippen molar-refractivity contribution in [2.75, 3.05) is 7.05 Å². The minimum absolute atomic E-state index is 0.238. The van der Waals surface area contributed by atoms with Crippen LogP contribution >= 0.6 is 11.6 Å². The number of amides is 1. The molecule has 122 valence electrons. The van der Waals surface area contributed by atoms with Crippen LogP contribution in [-0.2, 0) is 4.79 Å². The Morgan fingerprint density at radius 2 is 1.95 bits per heavy atom. The van der Waals surface area contributed by atoms with Crippen LogP contribution in [0.15, 0.2) is 11.1 Å². The quantitative estimate of drug-likeness (QED) is 0.639. The van der Waals surface area contributed by atoms with Crippen molar-refractivity contribution in [2.45, 2.75) is 64.8 Å². The zero-order valence-corrected chi connectivity index (χ0v) is 14.8. The van der Waals surface area contributed by atoms with Gasteiger partial charge in [-0.25, -0.2) is 0 Å². The van der Waals surface area contributed by atoms with Gasteiger partial charge in [-0.15, -0.1) is 0 Å². The van der Waals surface area contributed by atoms with Gasteiger partial charge in [-0.2, -0.15) is 0 Å². The van der Waals surface area contributed by atoms with Crippen molar-refractivity contribution < 1.29 is 4.79 Å². The molecule has 3 aliphatic carbocycles. The monoisotopic (exact) mass is 321 g/mol. The summed E-state index contributed by atoms with van der Waals surface area (Å²) in [5, 5.41) is 1.12. The van der Waals surface area contributed by atoms with Gasteiger partial charge in [0.2, 0.25) is 5.91 Å². The molecule has 6 atom stereocenters. The average molecular weight is 322 g/mol. The van der Waals surface area contributed by atoms with Gasteiger partial charge in [-0.1, -0.05) is 31.5 Å². The van der Waals surface area contributed by atoms with Gasteiger partial charge in [0.25, 0.3) is 0 Å². The molecule has 0 bridgehead atoms. The van der Waals surface area contributed by atoms with E-state index < -0.39 is 0 Å². The molecule has 0 aromatic heterocycles. The first kappa shape index (κ1) is 15.1. The predicted molar refractivity (Wildman–Crippen MR) is 89.5 cm³/mol. The van der Waals surface area contributed by atoms with Gasteiger partial charge >= 0.3 is 0 Å². The molecule has 3 fully saturated rings. The fourth-order valence-corrected chi connectivity index (χ4v) is 6.99. The van der Waals surface area contributed by atoms with E-state index in [2.05, 4.69) is 24.8 Å². The van der Waals surface area contributed by atoms with E-state index in [-0.39, 0.29) is 5.41 Å². The van der Waals surface area contributed by atoms with Crippen molar-refractivity contribution in [3.05, 3.63) is 11.1 Å². The highest BCUT2D eigenvalue weighted by molar-refractivity contribution is 6.30. The number of piperidine rings is 1. The lowest BCUT2D eigenvalue weighted by Gasteiger charge is -2.61. The molecular weight excluding hydrogens is 294 g/mol. The van der Waals surface area contributed by atoms with E-state index in [1.54, 1.807) is 0 Å². The molecule has 1 saturated heterocycles. The number of allylic oxidation sites excluding steroid dienone is 2. The van der Waals surface area contributed by atoms with Crippen molar-refractivity contribution in [1.29, 1.82) is 0 Å². The van der Waals surface area contributed by atoms with Crippen molar-refractivity contribution >= 4 is 17.5 Å². The second kappa shape index (κ2) is 4.75. The van der Waals surface area contributed by atoms with E-state index in [4.69, 9.17) is 11.6 Å². The third-order valence-electron chi connectivity index (χ3n) is 8.04. The van der Waals surface area contributed by atoms with Gasteiger partial charge < -0.3 is 4.90 Å². The van der Waals surface area contributed by atoms with Gasteiger partial charge in [-0.05, 0) is 61.7 Å². The van der Waals surface area contributed by atoms with Crippen molar-refractivity contribution in [3.63, 3.8) is 0 Å². The van der Waals surface area contributed by atoms with Crippen LogP contribution in [0.4, 0.5) is 0 Å². The van der Waals surface area contributed by atoms with Crippen LogP contribution in [0.25, 0.3) is 0 Å². The van der Waals surface area contributed by atoms with Gasteiger partial charge in [0.05, 0.1) is 0 Å². The molecule has 4 rings (SSSR count). The predicted octanol–water partition coefficient (Wildman–Crippen LogP) is 4.58. The summed E-state index contributed by atoms with van der Waals surface area (Å²) in [5.41, 5.74) is 0.560. The highest BCUT2D eigenvalue weighted by Crippen LogP contribution is 2.65. The van der Waals surface area contributed by atoms with Crippen molar-refractivity contribution in [3.8, 4) is 0 Å². The molecule has 2 nitrogen and oxygen atoms in total. The van der Waals surface area contributed by atoms with Crippen molar-refractivity contribution in [1.82, 2.24) is 4.90 Å². The number of hydrogen-bond acceptors (Lipinski definition) is 1. The fraction of sp³-hybridized carbons (Fsp3) is 0.842. The van der Waals surface area contributed by atoms with Gasteiger partial charge in [-0.3, -0.25) is 4.79 Å². The van der Waals surface area contributed by atoms with Gasteiger partial charge in [0, 0.05) is 30.0 Å². The minimum Gasteiger partial charge on any atom is -0.342 e. The maximum Gasteiger partial charge on any atom is 0.222 e. The lowest BCUT2D eigenvalue weighted by atomic mass is 9.47. The Balaban J connectivity index is 1.66. The Kier molecular flexibility index (Phi) is 3.25. The summed E-state index contributed by atoms with van der Waals surface area (Å²) in [6, 6.07) is 0.462. The number of likely N-dealkylation sites (tertiary alicyclic amines) is 1. The zero-order chi connectivity index (χ0) is 15.7. The number of carbonyl (C=O) groups is 1. The van der Waals surface area contributed by atoms with Crippen LogP contribution in [0.3, 0.4) is 0 Å². The maximum absolute atomic E-state index is 12.1. The Bertz CT molecular complexity index is 544. The number of nitrogens with zero attached hydrogens (tertiary/aromatic N) is 1. The largest absolute Gasteiger partial charge is 0.342 e. The van der Waals surface area contributed by atoms with E-state index in [9.17, 15) is 4.79 Å².